The van der Waals surface area contributed by atoms with Crippen molar-refractivity contribution in [1.82, 2.24) is 9.80 Å². The molecular formula is C19H26N2O3. The first-order chi connectivity index (χ1) is 11.6. The first-order valence-corrected chi connectivity index (χ1v) is 8.80. The quantitative estimate of drug-likeness (QED) is 0.856. The van der Waals surface area contributed by atoms with Crippen LogP contribution in [0.15, 0.2) is 24.3 Å². The summed E-state index contributed by atoms with van der Waals surface area (Å²) >= 11 is 0. The van der Waals surface area contributed by atoms with Crippen LogP contribution < -0.4 is 4.74 Å². The lowest BCUT2D eigenvalue weighted by atomic mass is 9.95. The molecule has 5 nitrogen and oxygen atoms in total. The Morgan fingerprint density at radius 3 is 2.46 bits per heavy atom. The lowest BCUT2D eigenvalue weighted by Gasteiger charge is -2.35. The molecule has 5 heteroatoms. The summed E-state index contributed by atoms with van der Waals surface area (Å²) in [6.45, 7) is 3.75. The predicted molar refractivity (Wildman–Crippen MR) is 91.7 cm³/mol. The lowest BCUT2D eigenvalue weighted by molar-refractivity contribution is -0.140. The molecule has 130 valence electrons. The van der Waals surface area contributed by atoms with Crippen molar-refractivity contribution in [3.8, 4) is 5.75 Å². The third-order valence-corrected chi connectivity index (χ3v) is 5.25. The molecule has 1 aromatic rings. The third kappa shape index (κ3) is 3.40. The number of nitrogens with zero attached hydrogens (tertiary/aromatic N) is 2. The van der Waals surface area contributed by atoms with Gasteiger partial charge in [0, 0.05) is 26.6 Å². The Morgan fingerprint density at radius 2 is 1.79 bits per heavy atom. The minimum atomic E-state index is -0.0542. The van der Waals surface area contributed by atoms with E-state index in [1.807, 2.05) is 21.9 Å². The molecule has 2 amide bonds. The Labute approximate surface area is 143 Å². The van der Waals surface area contributed by atoms with Crippen molar-refractivity contribution in [2.24, 2.45) is 5.92 Å². The third-order valence-electron chi connectivity index (χ3n) is 5.25. The lowest BCUT2D eigenvalue weighted by Crippen LogP contribution is -2.46. The average Bonchev–Trinajstić information content (AvgIpc) is 3.11. The van der Waals surface area contributed by atoms with Gasteiger partial charge in [-0.25, -0.2) is 0 Å². The number of methoxy groups -OCH3 is 1. The van der Waals surface area contributed by atoms with Crippen LogP contribution in [0.25, 0.3) is 0 Å². The fourth-order valence-corrected chi connectivity index (χ4v) is 3.90. The number of benzene rings is 1. The van der Waals surface area contributed by atoms with Crippen LogP contribution >= 0.6 is 0 Å². The summed E-state index contributed by atoms with van der Waals surface area (Å²) in [5.74, 6) is 1.06. The van der Waals surface area contributed by atoms with E-state index in [0.29, 0.717) is 6.54 Å². The zero-order valence-corrected chi connectivity index (χ0v) is 14.5. The number of amides is 2. The van der Waals surface area contributed by atoms with Gasteiger partial charge in [-0.15, -0.1) is 0 Å². The van der Waals surface area contributed by atoms with Gasteiger partial charge in [-0.3, -0.25) is 9.59 Å². The van der Waals surface area contributed by atoms with E-state index >= 15 is 0 Å². The standard InChI is InChI=1S/C19H26N2O3/c1-14(22)20-11-3-5-16(13-20)19(23)21-12-4-6-18(21)15-7-9-17(24-2)10-8-15/h7-10,16,18H,3-6,11-13H2,1-2H3/t16-,18+/m0/s1. The van der Waals surface area contributed by atoms with Gasteiger partial charge in [0.05, 0.1) is 19.1 Å². The molecule has 2 atom stereocenters. The number of hydrogen-bond donors (Lipinski definition) is 0. The van der Waals surface area contributed by atoms with Gasteiger partial charge < -0.3 is 14.5 Å². The minimum Gasteiger partial charge on any atom is -0.497 e. The van der Waals surface area contributed by atoms with E-state index < -0.39 is 0 Å². The molecule has 0 saturated carbocycles. The first-order valence-electron chi connectivity index (χ1n) is 8.80. The van der Waals surface area contributed by atoms with Crippen LogP contribution in [0.3, 0.4) is 0 Å². The van der Waals surface area contributed by atoms with Gasteiger partial charge >= 0.3 is 0 Å². The number of piperidine rings is 1. The number of hydrogen-bond acceptors (Lipinski definition) is 3. The summed E-state index contributed by atoms with van der Waals surface area (Å²) in [6.07, 6.45) is 3.83. The van der Waals surface area contributed by atoms with Gasteiger partial charge in [0.25, 0.3) is 0 Å². The second-order valence-electron chi connectivity index (χ2n) is 6.77. The largest absolute Gasteiger partial charge is 0.497 e. The maximum atomic E-state index is 13.0. The Balaban J connectivity index is 1.72. The van der Waals surface area contributed by atoms with Crippen molar-refractivity contribution in [2.45, 2.75) is 38.6 Å². The highest BCUT2D eigenvalue weighted by atomic mass is 16.5. The van der Waals surface area contributed by atoms with Crippen LogP contribution in [0, 0.1) is 5.92 Å². The van der Waals surface area contributed by atoms with E-state index in [0.717, 1.165) is 44.5 Å². The van der Waals surface area contributed by atoms with Crippen LogP contribution in [-0.2, 0) is 9.59 Å². The smallest absolute Gasteiger partial charge is 0.227 e. The second kappa shape index (κ2) is 7.24. The molecule has 0 N–H and O–H groups in total. The van der Waals surface area contributed by atoms with Crippen molar-refractivity contribution in [2.75, 3.05) is 26.7 Å². The highest BCUT2D eigenvalue weighted by Gasteiger charge is 2.36. The molecule has 2 heterocycles. The van der Waals surface area contributed by atoms with E-state index in [-0.39, 0.29) is 23.8 Å². The Morgan fingerprint density at radius 1 is 1.08 bits per heavy atom. The van der Waals surface area contributed by atoms with Gasteiger partial charge in [0.15, 0.2) is 0 Å². The van der Waals surface area contributed by atoms with Crippen LogP contribution in [0.2, 0.25) is 0 Å². The summed E-state index contributed by atoms with van der Waals surface area (Å²) in [5.41, 5.74) is 1.17. The number of ether oxygens (including phenoxy) is 1. The van der Waals surface area contributed by atoms with Gasteiger partial charge in [0.2, 0.25) is 11.8 Å². The second-order valence-corrected chi connectivity index (χ2v) is 6.77. The summed E-state index contributed by atoms with van der Waals surface area (Å²) in [7, 11) is 1.66. The molecule has 0 aliphatic carbocycles. The van der Waals surface area contributed by atoms with E-state index in [1.54, 1.807) is 14.0 Å². The molecule has 2 saturated heterocycles. The average molecular weight is 330 g/mol. The van der Waals surface area contributed by atoms with Gasteiger partial charge in [-0.05, 0) is 43.4 Å². The SMILES string of the molecule is COc1ccc([C@H]2CCCN2C(=O)[C@H]2CCCN(C(C)=O)C2)cc1. The summed E-state index contributed by atoms with van der Waals surface area (Å²) in [4.78, 5) is 28.5. The van der Waals surface area contributed by atoms with E-state index in [4.69, 9.17) is 4.74 Å². The topological polar surface area (TPSA) is 49.9 Å². The maximum Gasteiger partial charge on any atom is 0.227 e. The van der Waals surface area contributed by atoms with Crippen LogP contribution in [-0.4, -0.2) is 48.4 Å². The molecule has 0 radical (unpaired) electrons. The van der Waals surface area contributed by atoms with Crippen molar-refractivity contribution in [1.29, 1.82) is 0 Å². The summed E-state index contributed by atoms with van der Waals surface area (Å²) < 4.78 is 5.22. The van der Waals surface area contributed by atoms with Crippen LogP contribution in [0.1, 0.15) is 44.2 Å². The molecule has 0 spiro atoms. The molecule has 2 aliphatic rings. The van der Waals surface area contributed by atoms with E-state index in [9.17, 15) is 9.59 Å². The molecule has 0 bridgehead atoms. The normalized spacial score (nSPS) is 24.1. The van der Waals surface area contributed by atoms with E-state index in [2.05, 4.69) is 12.1 Å². The fourth-order valence-electron chi connectivity index (χ4n) is 3.90. The van der Waals surface area contributed by atoms with Crippen molar-refractivity contribution in [3.63, 3.8) is 0 Å². The number of carbonyl (C=O) groups excluding carboxylic acids is 2. The maximum absolute atomic E-state index is 13.0. The monoisotopic (exact) mass is 330 g/mol. The highest BCUT2D eigenvalue weighted by Crippen LogP contribution is 2.35. The van der Waals surface area contributed by atoms with Crippen LogP contribution in [0.5, 0.6) is 5.75 Å². The molecule has 24 heavy (non-hydrogen) atoms. The first kappa shape index (κ1) is 16.8. The summed E-state index contributed by atoms with van der Waals surface area (Å²) in [6, 6.07) is 8.16. The minimum absolute atomic E-state index is 0.0542. The number of likely N-dealkylation sites (tertiary alicyclic amines) is 2. The van der Waals surface area contributed by atoms with Crippen LogP contribution in [0.4, 0.5) is 0 Å². The number of carbonyl (C=O) groups is 2. The Hall–Kier alpha value is -2.04. The van der Waals surface area contributed by atoms with E-state index in [1.165, 1.54) is 5.56 Å². The Bertz CT molecular complexity index is 599. The molecule has 1 aromatic carbocycles. The van der Waals surface area contributed by atoms with Gasteiger partial charge in [-0.1, -0.05) is 12.1 Å². The highest BCUT2D eigenvalue weighted by molar-refractivity contribution is 5.81. The van der Waals surface area contributed by atoms with Crippen molar-refractivity contribution in [3.05, 3.63) is 29.8 Å². The number of rotatable bonds is 3. The predicted octanol–water partition coefficient (Wildman–Crippen LogP) is 2.62. The molecule has 0 unspecified atom stereocenters. The van der Waals surface area contributed by atoms with Gasteiger partial charge in [0.1, 0.15) is 5.75 Å². The summed E-state index contributed by atoms with van der Waals surface area (Å²) in [5, 5.41) is 0. The molecule has 0 aromatic heterocycles. The Kier molecular flexibility index (Phi) is 5.07. The zero-order valence-electron chi connectivity index (χ0n) is 14.5. The van der Waals surface area contributed by atoms with Crippen molar-refractivity contribution < 1.29 is 14.3 Å². The molecule has 2 aliphatic heterocycles. The zero-order chi connectivity index (χ0) is 17.1. The molecular weight excluding hydrogens is 304 g/mol. The molecule has 3 rings (SSSR count). The molecule has 2 fully saturated rings. The fraction of sp³-hybridized carbons (Fsp3) is 0.579. The van der Waals surface area contributed by atoms with Crippen molar-refractivity contribution >= 4 is 11.8 Å². The van der Waals surface area contributed by atoms with Gasteiger partial charge in [-0.2, -0.15) is 0 Å².